The molecule has 30 heavy (non-hydrogen) atoms. The molecule has 0 saturated carbocycles. The third kappa shape index (κ3) is 9.82. The second-order valence-corrected chi connectivity index (χ2v) is 7.01. The third-order valence-electron chi connectivity index (χ3n) is 3.94. The predicted octanol–water partition coefficient (Wildman–Crippen LogP) is -2.13. The van der Waals surface area contributed by atoms with E-state index in [4.69, 9.17) is 21.1 Å². The summed E-state index contributed by atoms with van der Waals surface area (Å²) in [4.78, 5) is 69.9. The van der Waals surface area contributed by atoms with E-state index in [0.717, 1.165) is 0 Å². The average Bonchev–Trinajstić information content (AvgIpc) is 2.60. The normalized spacial score (nSPS) is 14.7. The second-order valence-electron chi connectivity index (χ2n) is 7.01. The van der Waals surface area contributed by atoms with Crippen LogP contribution in [0.25, 0.3) is 0 Å². The molecule has 13 heteroatoms. The lowest BCUT2D eigenvalue weighted by Gasteiger charge is -2.25. The van der Waals surface area contributed by atoms with E-state index in [1.54, 1.807) is 0 Å². The van der Waals surface area contributed by atoms with Gasteiger partial charge in [0.05, 0.1) is 12.5 Å². The van der Waals surface area contributed by atoms with Crippen molar-refractivity contribution in [2.45, 2.75) is 64.2 Å². The summed E-state index contributed by atoms with van der Waals surface area (Å²) in [6.07, 6.45) is -1.71. The van der Waals surface area contributed by atoms with Gasteiger partial charge in [-0.3, -0.25) is 24.0 Å². The molecular formula is C17H28N4O9. The molecule has 0 aliphatic heterocycles. The summed E-state index contributed by atoms with van der Waals surface area (Å²) in [6, 6.07) is -5.39. The average molecular weight is 432 g/mol. The fourth-order valence-electron chi connectivity index (χ4n) is 2.26. The molecule has 0 bridgehead atoms. The molecular weight excluding hydrogens is 404 g/mol. The van der Waals surface area contributed by atoms with E-state index in [2.05, 4.69) is 16.0 Å². The Bertz CT molecular complexity index is 678. The molecule has 0 aliphatic carbocycles. The summed E-state index contributed by atoms with van der Waals surface area (Å²) in [5.41, 5.74) is 5.41. The molecule has 4 unspecified atom stereocenters. The maximum absolute atomic E-state index is 12.5. The molecule has 8 N–H and O–H groups in total. The highest BCUT2D eigenvalue weighted by Crippen LogP contribution is 2.05. The van der Waals surface area contributed by atoms with Gasteiger partial charge in [-0.15, -0.1) is 0 Å². The van der Waals surface area contributed by atoms with E-state index in [1.165, 1.54) is 20.8 Å². The summed E-state index contributed by atoms with van der Waals surface area (Å²) in [6.45, 7) is 4.38. The number of nitrogens with one attached hydrogen (secondary N) is 3. The third-order valence-corrected chi connectivity index (χ3v) is 3.94. The fourth-order valence-corrected chi connectivity index (χ4v) is 2.26. The molecule has 0 radical (unpaired) electrons. The molecule has 0 spiro atoms. The molecule has 0 saturated heterocycles. The van der Waals surface area contributed by atoms with E-state index >= 15 is 0 Å². The van der Waals surface area contributed by atoms with Gasteiger partial charge < -0.3 is 37.0 Å². The lowest BCUT2D eigenvalue weighted by molar-refractivity contribution is -0.144. The highest BCUT2D eigenvalue weighted by Gasteiger charge is 2.32. The molecule has 3 amide bonds. The number of hydrogen-bond donors (Lipinski definition) is 7. The van der Waals surface area contributed by atoms with E-state index in [-0.39, 0.29) is 6.42 Å². The van der Waals surface area contributed by atoms with E-state index in [9.17, 15) is 28.8 Å². The minimum Gasteiger partial charge on any atom is -0.481 e. The molecule has 0 heterocycles. The lowest BCUT2D eigenvalue weighted by atomic mass is 10.0. The number of amides is 3. The first-order chi connectivity index (χ1) is 13.8. The smallest absolute Gasteiger partial charge is 0.326 e. The molecule has 170 valence electrons. The summed E-state index contributed by atoms with van der Waals surface area (Å²) in [5, 5.41) is 33.5. The molecule has 0 aromatic heterocycles. The molecule has 13 nitrogen and oxygen atoms in total. The van der Waals surface area contributed by atoms with Crippen molar-refractivity contribution >= 4 is 35.6 Å². The summed E-state index contributed by atoms with van der Waals surface area (Å²) >= 11 is 0. The Labute approximate surface area is 172 Å². The Balaban J connectivity index is 5.49. The predicted molar refractivity (Wildman–Crippen MR) is 101 cm³/mol. The van der Waals surface area contributed by atoms with Gasteiger partial charge in [0.25, 0.3) is 0 Å². The number of carbonyl (C=O) groups is 6. The lowest BCUT2D eigenvalue weighted by Crippen LogP contribution is -2.57. The van der Waals surface area contributed by atoms with Gasteiger partial charge in [-0.05, 0) is 19.3 Å². The van der Waals surface area contributed by atoms with Gasteiger partial charge in [-0.2, -0.15) is 0 Å². The van der Waals surface area contributed by atoms with Crippen LogP contribution >= 0.6 is 0 Å². The topological polar surface area (TPSA) is 225 Å². The first-order valence-corrected chi connectivity index (χ1v) is 9.09. The van der Waals surface area contributed by atoms with Crippen molar-refractivity contribution in [3.05, 3.63) is 0 Å². The molecule has 0 aromatic rings. The summed E-state index contributed by atoms with van der Waals surface area (Å²) in [5.74, 6) is -7.39. The van der Waals surface area contributed by atoms with Gasteiger partial charge in [0, 0.05) is 6.42 Å². The largest absolute Gasteiger partial charge is 0.481 e. The molecule has 0 aliphatic rings. The Morgan fingerprint density at radius 2 is 1.27 bits per heavy atom. The second kappa shape index (κ2) is 12.4. The fraction of sp³-hybridized carbons (Fsp3) is 0.647. The van der Waals surface area contributed by atoms with Crippen LogP contribution < -0.4 is 21.7 Å². The SMILES string of the molecule is CC(N)C(=O)NC(CCC(=O)O)C(=O)NC(CC(=O)O)C(=O)NC(C(=O)O)C(C)C. The van der Waals surface area contributed by atoms with Gasteiger partial charge in [0.15, 0.2) is 0 Å². The first-order valence-electron chi connectivity index (χ1n) is 9.09. The minimum atomic E-state index is -1.66. The highest BCUT2D eigenvalue weighted by atomic mass is 16.4. The zero-order valence-corrected chi connectivity index (χ0v) is 16.9. The Morgan fingerprint density at radius 1 is 0.767 bits per heavy atom. The molecule has 0 aromatic carbocycles. The molecule has 4 atom stereocenters. The van der Waals surface area contributed by atoms with E-state index in [0.29, 0.717) is 0 Å². The van der Waals surface area contributed by atoms with E-state index < -0.39 is 78.6 Å². The van der Waals surface area contributed by atoms with Crippen molar-refractivity contribution in [2.24, 2.45) is 11.7 Å². The maximum Gasteiger partial charge on any atom is 0.326 e. The van der Waals surface area contributed by atoms with Gasteiger partial charge in [0.1, 0.15) is 18.1 Å². The highest BCUT2D eigenvalue weighted by molar-refractivity contribution is 5.95. The Morgan fingerprint density at radius 3 is 1.67 bits per heavy atom. The van der Waals surface area contributed by atoms with Crippen molar-refractivity contribution in [3.63, 3.8) is 0 Å². The van der Waals surface area contributed by atoms with Crippen molar-refractivity contribution < 1.29 is 44.1 Å². The van der Waals surface area contributed by atoms with Gasteiger partial charge in [0.2, 0.25) is 17.7 Å². The maximum atomic E-state index is 12.5. The number of rotatable bonds is 13. The van der Waals surface area contributed by atoms with Crippen LogP contribution in [0.3, 0.4) is 0 Å². The number of carbonyl (C=O) groups excluding carboxylic acids is 3. The van der Waals surface area contributed by atoms with Crippen LogP contribution in [0.4, 0.5) is 0 Å². The summed E-state index contributed by atoms with van der Waals surface area (Å²) in [7, 11) is 0. The van der Waals surface area contributed by atoms with Crippen molar-refractivity contribution in [1.82, 2.24) is 16.0 Å². The van der Waals surface area contributed by atoms with Crippen LogP contribution in [-0.4, -0.2) is 75.1 Å². The number of aliphatic carboxylic acids is 3. The Kier molecular flexibility index (Phi) is 11.0. The molecule has 0 fully saturated rings. The zero-order chi connectivity index (χ0) is 23.6. The number of carboxylic acids is 3. The van der Waals surface area contributed by atoms with Gasteiger partial charge in [-0.1, -0.05) is 13.8 Å². The van der Waals surface area contributed by atoms with Crippen LogP contribution in [0.1, 0.15) is 40.0 Å². The zero-order valence-electron chi connectivity index (χ0n) is 16.9. The van der Waals surface area contributed by atoms with Gasteiger partial charge >= 0.3 is 17.9 Å². The Hall–Kier alpha value is -3.22. The first kappa shape index (κ1) is 26.8. The standard InChI is InChI=1S/C17H28N4O9/c1-7(2)13(17(29)30)21-16(28)10(6-12(24)25)20-15(27)9(4-5-11(22)23)19-14(26)8(3)18/h7-10,13H,4-6,18H2,1-3H3,(H,19,26)(H,20,27)(H,21,28)(H,22,23)(H,24,25)(H,29,30). The van der Waals surface area contributed by atoms with Crippen LogP contribution in [-0.2, 0) is 28.8 Å². The van der Waals surface area contributed by atoms with Crippen LogP contribution in [0.2, 0.25) is 0 Å². The van der Waals surface area contributed by atoms with Crippen LogP contribution in [0.5, 0.6) is 0 Å². The number of nitrogens with two attached hydrogens (primary N) is 1. The van der Waals surface area contributed by atoms with Crippen molar-refractivity contribution in [2.75, 3.05) is 0 Å². The van der Waals surface area contributed by atoms with Gasteiger partial charge in [-0.25, -0.2) is 4.79 Å². The summed E-state index contributed by atoms with van der Waals surface area (Å²) < 4.78 is 0. The minimum absolute atomic E-state index is 0.342. The molecule has 0 rings (SSSR count). The number of carboxylic acid groups (broad SMARTS) is 3. The van der Waals surface area contributed by atoms with Crippen LogP contribution in [0.15, 0.2) is 0 Å². The van der Waals surface area contributed by atoms with E-state index in [1.807, 2.05) is 0 Å². The van der Waals surface area contributed by atoms with Crippen LogP contribution in [0, 0.1) is 5.92 Å². The van der Waals surface area contributed by atoms with Crippen molar-refractivity contribution in [3.8, 4) is 0 Å². The monoisotopic (exact) mass is 432 g/mol. The quantitative estimate of drug-likeness (QED) is 0.167. The number of hydrogen-bond acceptors (Lipinski definition) is 7. The van der Waals surface area contributed by atoms with Crippen molar-refractivity contribution in [1.29, 1.82) is 0 Å².